The van der Waals surface area contributed by atoms with E-state index in [1.807, 2.05) is 22.8 Å². The number of fused-ring (bicyclic) bond motifs is 1. The summed E-state index contributed by atoms with van der Waals surface area (Å²) in [6.45, 7) is 1.74. The molecular weight excluding hydrogens is 371 g/mol. The molecule has 0 unspecified atom stereocenters. The van der Waals surface area contributed by atoms with Crippen molar-refractivity contribution in [3.63, 3.8) is 0 Å². The largest absolute Gasteiger partial charge is 0.334 e. The van der Waals surface area contributed by atoms with Crippen molar-refractivity contribution in [1.29, 1.82) is 0 Å². The van der Waals surface area contributed by atoms with Crippen LogP contribution in [-0.2, 0) is 0 Å². The monoisotopic (exact) mass is 390 g/mol. The average Bonchev–Trinajstić information content (AvgIpc) is 3.41. The molecule has 0 saturated heterocycles. The first-order chi connectivity index (χ1) is 14.1. The van der Waals surface area contributed by atoms with Gasteiger partial charge in [-0.2, -0.15) is 4.98 Å². The number of halogens is 1. The van der Waals surface area contributed by atoms with E-state index in [-0.39, 0.29) is 23.1 Å². The molecule has 0 bridgehead atoms. The summed E-state index contributed by atoms with van der Waals surface area (Å²) in [5, 5.41) is 4.00. The highest BCUT2D eigenvalue weighted by molar-refractivity contribution is 5.80. The van der Waals surface area contributed by atoms with Gasteiger partial charge in [0.1, 0.15) is 11.5 Å². The molecule has 1 aliphatic rings. The van der Waals surface area contributed by atoms with Crippen LogP contribution in [0, 0.1) is 12.7 Å². The molecule has 4 aromatic rings. The van der Waals surface area contributed by atoms with Crippen LogP contribution in [0.4, 0.5) is 4.39 Å². The molecule has 6 nitrogen and oxygen atoms in total. The van der Waals surface area contributed by atoms with Gasteiger partial charge < -0.3 is 9.09 Å². The van der Waals surface area contributed by atoms with Crippen molar-refractivity contribution in [1.82, 2.24) is 19.7 Å². The van der Waals surface area contributed by atoms with Crippen LogP contribution in [0.2, 0.25) is 0 Å². The van der Waals surface area contributed by atoms with E-state index in [0.717, 1.165) is 31.2 Å². The van der Waals surface area contributed by atoms with Crippen LogP contribution >= 0.6 is 0 Å². The van der Waals surface area contributed by atoms with Gasteiger partial charge in [0.15, 0.2) is 0 Å². The lowest BCUT2D eigenvalue weighted by Gasteiger charge is -2.17. The highest BCUT2D eigenvalue weighted by Crippen LogP contribution is 2.32. The van der Waals surface area contributed by atoms with Crippen molar-refractivity contribution < 1.29 is 8.91 Å². The summed E-state index contributed by atoms with van der Waals surface area (Å²) in [6, 6.07) is 12.1. The summed E-state index contributed by atoms with van der Waals surface area (Å²) in [4.78, 5) is 21.6. The lowest BCUT2D eigenvalue weighted by atomic mass is 10.1. The maximum atomic E-state index is 14.0. The highest BCUT2D eigenvalue weighted by atomic mass is 19.1. The van der Waals surface area contributed by atoms with Crippen LogP contribution in [-0.4, -0.2) is 19.7 Å². The van der Waals surface area contributed by atoms with Crippen molar-refractivity contribution in [3.05, 3.63) is 64.3 Å². The predicted molar refractivity (Wildman–Crippen MR) is 107 cm³/mol. The minimum atomic E-state index is -0.418. The van der Waals surface area contributed by atoms with Crippen LogP contribution < -0.4 is 5.56 Å². The number of aryl methyl sites for hydroxylation is 1. The number of aromatic nitrogens is 4. The molecule has 2 heterocycles. The fourth-order valence-electron chi connectivity index (χ4n) is 4.08. The molecule has 5 rings (SSSR count). The minimum absolute atomic E-state index is 0.0291. The number of benzene rings is 2. The normalized spacial score (nSPS) is 14.7. The molecule has 0 spiro atoms. The lowest BCUT2D eigenvalue weighted by molar-refractivity contribution is 0.429. The van der Waals surface area contributed by atoms with E-state index in [1.54, 1.807) is 25.1 Å². The van der Waals surface area contributed by atoms with Gasteiger partial charge in [-0.3, -0.25) is 4.79 Å². The smallest absolute Gasteiger partial charge is 0.272 e. The highest BCUT2D eigenvalue weighted by Gasteiger charge is 2.22. The quantitative estimate of drug-likeness (QED) is 0.508. The molecule has 0 amide bonds. The van der Waals surface area contributed by atoms with E-state index < -0.39 is 5.82 Å². The Labute approximate surface area is 166 Å². The van der Waals surface area contributed by atoms with Crippen molar-refractivity contribution in [3.8, 4) is 22.8 Å². The summed E-state index contributed by atoms with van der Waals surface area (Å²) in [5.41, 5.74) is 2.93. The number of rotatable bonds is 3. The summed E-state index contributed by atoms with van der Waals surface area (Å²) < 4.78 is 21.2. The fourth-order valence-corrected chi connectivity index (χ4v) is 4.08. The van der Waals surface area contributed by atoms with Crippen LogP contribution in [0.25, 0.3) is 33.9 Å². The van der Waals surface area contributed by atoms with E-state index in [2.05, 4.69) is 15.1 Å². The van der Waals surface area contributed by atoms with Gasteiger partial charge in [0.25, 0.3) is 11.4 Å². The maximum absolute atomic E-state index is 14.0. The lowest BCUT2D eigenvalue weighted by Crippen LogP contribution is -2.26. The first kappa shape index (κ1) is 17.7. The minimum Gasteiger partial charge on any atom is -0.334 e. The van der Waals surface area contributed by atoms with Crippen LogP contribution in [0.1, 0.15) is 37.4 Å². The second-order valence-electron chi connectivity index (χ2n) is 7.42. The zero-order valence-electron chi connectivity index (χ0n) is 15.9. The molecule has 1 fully saturated rings. The molecule has 2 aromatic carbocycles. The Hall–Kier alpha value is -3.35. The van der Waals surface area contributed by atoms with Gasteiger partial charge in [-0.1, -0.05) is 30.1 Å². The molecule has 1 saturated carbocycles. The number of hydrogen-bond donors (Lipinski definition) is 0. The average molecular weight is 390 g/mol. The first-order valence-electron chi connectivity index (χ1n) is 9.74. The zero-order valence-corrected chi connectivity index (χ0v) is 15.9. The van der Waals surface area contributed by atoms with Crippen molar-refractivity contribution in [2.24, 2.45) is 0 Å². The Morgan fingerprint density at radius 1 is 1.10 bits per heavy atom. The van der Waals surface area contributed by atoms with E-state index in [1.165, 1.54) is 6.07 Å². The van der Waals surface area contributed by atoms with Gasteiger partial charge >= 0.3 is 0 Å². The molecule has 7 heteroatoms. The Bertz CT molecular complexity index is 1270. The Morgan fingerprint density at radius 2 is 1.90 bits per heavy atom. The standard InChI is InChI=1S/C22H19FN4O2/c1-13-22(28)27(15-6-2-3-7-15)19-11-10-14(12-18(19)24-13)20-25-21(29-26-20)16-8-4-5-9-17(16)23/h4-5,8-12,15H,2-3,6-7H2,1H3. The van der Waals surface area contributed by atoms with E-state index in [0.29, 0.717) is 22.6 Å². The predicted octanol–water partition coefficient (Wildman–Crippen LogP) is 4.68. The molecule has 0 atom stereocenters. The van der Waals surface area contributed by atoms with Crippen molar-refractivity contribution in [2.45, 2.75) is 38.6 Å². The maximum Gasteiger partial charge on any atom is 0.272 e. The molecular formula is C22H19FN4O2. The molecule has 2 aromatic heterocycles. The SMILES string of the molecule is Cc1nc2cc(-c3noc(-c4ccccc4F)n3)ccc2n(C2CCCC2)c1=O. The third-order valence-electron chi connectivity index (χ3n) is 5.53. The Kier molecular flexibility index (Phi) is 4.23. The van der Waals surface area contributed by atoms with Crippen LogP contribution in [0.15, 0.2) is 51.8 Å². The number of nitrogens with zero attached hydrogens (tertiary/aromatic N) is 4. The van der Waals surface area contributed by atoms with E-state index >= 15 is 0 Å². The van der Waals surface area contributed by atoms with Crippen molar-refractivity contribution in [2.75, 3.05) is 0 Å². The molecule has 29 heavy (non-hydrogen) atoms. The van der Waals surface area contributed by atoms with Gasteiger partial charge in [0.05, 0.1) is 16.6 Å². The Morgan fingerprint density at radius 3 is 2.69 bits per heavy atom. The van der Waals surface area contributed by atoms with Gasteiger partial charge in [-0.05, 0) is 50.1 Å². The van der Waals surface area contributed by atoms with Gasteiger partial charge in [0.2, 0.25) is 5.82 Å². The summed E-state index contributed by atoms with van der Waals surface area (Å²) >= 11 is 0. The molecule has 0 N–H and O–H groups in total. The fraction of sp³-hybridized carbons (Fsp3) is 0.273. The Balaban J connectivity index is 1.60. The molecule has 0 aliphatic heterocycles. The van der Waals surface area contributed by atoms with E-state index in [9.17, 15) is 9.18 Å². The van der Waals surface area contributed by atoms with Crippen LogP contribution in [0.3, 0.4) is 0 Å². The van der Waals surface area contributed by atoms with Crippen LogP contribution in [0.5, 0.6) is 0 Å². The van der Waals surface area contributed by atoms with Gasteiger partial charge in [-0.15, -0.1) is 0 Å². The summed E-state index contributed by atoms with van der Waals surface area (Å²) in [6.07, 6.45) is 4.30. The third-order valence-corrected chi connectivity index (χ3v) is 5.53. The summed E-state index contributed by atoms with van der Waals surface area (Å²) in [7, 11) is 0. The molecule has 146 valence electrons. The summed E-state index contributed by atoms with van der Waals surface area (Å²) in [5.74, 6) is 0.0561. The van der Waals surface area contributed by atoms with E-state index in [4.69, 9.17) is 4.52 Å². The number of hydrogen-bond acceptors (Lipinski definition) is 5. The van der Waals surface area contributed by atoms with Gasteiger partial charge in [0, 0.05) is 11.6 Å². The van der Waals surface area contributed by atoms with Crippen molar-refractivity contribution >= 4 is 11.0 Å². The topological polar surface area (TPSA) is 73.8 Å². The molecule has 1 aliphatic carbocycles. The van der Waals surface area contributed by atoms with Gasteiger partial charge in [-0.25, -0.2) is 9.37 Å². The first-order valence-corrected chi connectivity index (χ1v) is 9.74. The second-order valence-corrected chi connectivity index (χ2v) is 7.42. The molecule has 0 radical (unpaired) electrons. The third kappa shape index (κ3) is 3.03. The second kappa shape index (κ2) is 6.92. The zero-order chi connectivity index (χ0) is 20.0.